The quantitative estimate of drug-likeness (QED) is 0.502. The zero-order chi connectivity index (χ0) is 15.9. The summed E-state index contributed by atoms with van der Waals surface area (Å²) in [5.41, 5.74) is 1.17. The predicted octanol–water partition coefficient (Wildman–Crippen LogP) is 3.61. The lowest BCUT2D eigenvalue weighted by atomic mass is 10.1. The average Bonchev–Trinajstić information content (AvgIpc) is 2.52. The fourth-order valence-electron chi connectivity index (χ4n) is 2.03. The highest BCUT2D eigenvalue weighted by molar-refractivity contribution is 6.32. The molecule has 2 rings (SSSR count). The van der Waals surface area contributed by atoms with E-state index in [4.69, 9.17) is 11.6 Å². The van der Waals surface area contributed by atoms with Crippen molar-refractivity contribution in [3.63, 3.8) is 0 Å². The van der Waals surface area contributed by atoms with Crippen LogP contribution in [0.1, 0.15) is 22.3 Å². The van der Waals surface area contributed by atoms with Crippen LogP contribution < -0.4 is 5.32 Å². The largest absolute Gasteiger partial charge is 0.352 e. The van der Waals surface area contributed by atoms with Crippen molar-refractivity contribution in [1.29, 1.82) is 0 Å². The second-order valence-electron chi connectivity index (χ2n) is 4.77. The Balaban J connectivity index is 1.87. The molecule has 0 aliphatic carbocycles. The predicted molar refractivity (Wildman–Crippen MR) is 85.2 cm³/mol. The Morgan fingerprint density at radius 2 is 1.91 bits per heavy atom. The first-order chi connectivity index (χ1) is 10.6. The number of hydrogen-bond acceptors (Lipinski definition) is 3. The molecule has 6 heteroatoms. The lowest BCUT2D eigenvalue weighted by Gasteiger charge is -2.06. The van der Waals surface area contributed by atoms with E-state index in [0.717, 1.165) is 12.8 Å². The SMILES string of the molecule is O=C(NCCCc1ccccc1)c1ccc(Cl)c([N+](=O)[O-])c1. The first-order valence-electron chi connectivity index (χ1n) is 6.84. The molecule has 0 saturated carbocycles. The lowest BCUT2D eigenvalue weighted by molar-refractivity contribution is -0.384. The van der Waals surface area contributed by atoms with E-state index in [9.17, 15) is 14.9 Å². The topological polar surface area (TPSA) is 72.2 Å². The molecule has 0 bridgehead atoms. The van der Waals surface area contributed by atoms with Crippen molar-refractivity contribution in [2.45, 2.75) is 12.8 Å². The van der Waals surface area contributed by atoms with Gasteiger partial charge in [0.15, 0.2) is 0 Å². The van der Waals surface area contributed by atoms with E-state index in [1.165, 1.54) is 23.8 Å². The van der Waals surface area contributed by atoms with Crippen LogP contribution >= 0.6 is 11.6 Å². The van der Waals surface area contributed by atoms with Crippen molar-refractivity contribution >= 4 is 23.2 Å². The van der Waals surface area contributed by atoms with Crippen LogP contribution in [0.3, 0.4) is 0 Å². The molecule has 0 spiro atoms. The fraction of sp³-hybridized carbons (Fsp3) is 0.188. The molecule has 0 radical (unpaired) electrons. The van der Waals surface area contributed by atoms with Crippen LogP contribution in [0.4, 0.5) is 5.69 Å². The van der Waals surface area contributed by atoms with Gasteiger partial charge in [0.2, 0.25) is 0 Å². The minimum absolute atomic E-state index is 0.0191. The van der Waals surface area contributed by atoms with Crippen molar-refractivity contribution in [1.82, 2.24) is 5.32 Å². The molecule has 0 aliphatic rings. The maximum Gasteiger partial charge on any atom is 0.288 e. The van der Waals surface area contributed by atoms with E-state index in [1.54, 1.807) is 0 Å². The smallest absolute Gasteiger partial charge is 0.288 e. The first kappa shape index (κ1) is 16.0. The minimum atomic E-state index is -0.603. The Bertz CT molecular complexity index is 674. The summed E-state index contributed by atoms with van der Waals surface area (Å²) in [6.07, 6.45) is 1.66. The monoisotopic (exact) mass is 318 g/mol. The van der Waals surface area contributed by atoms with Gasteiger partial charge in [-0.3, -0.25) is 14.9 Å². The molecule has 0 atom stereocenters. The number of nitrogens with zero attached hydrogens (tertiary/aromatic N) is 1. The molecule has 1 amide bonds. The summed E-state index contributed by atoms with van der Waals surface area (Å²) in [6.45, 7) is 0.504. The van der Waals surface area contributed by atoms with Gasteiger partial charge in [-0.15, -0.1) is 0 Å². The highest BCUT2D eigenvalue weighted by atomic mass is 35.5. The van der Waals surface area contributed by atoms with Crippen LogP contribution in [-0.2, 0) is 6.42 Å². The van der Waals surface area contributed by atoms with Gasteiger partial charge < -0.3 is 5.32 Å². The van der Waals surface area contributed by atoms with Crippen LogP contribution in [-0.4, -0.2) is 17.4 Å². The number of benzene rings is 2. The van der Waals surface area contributed by atoms with Gasteiger partial charge in [0.1, 0.15) is 5.02 Å². The molecule has 2 aromatic carbocycles. The van der Waals surface area contributed by atoms with E-state index >= 15 is 0 Å². The van der Waals surface area contributed by atoms with Crippen molar-refractivity contribution in [2.75, 3.05) is 6.54 Å². The Morgan fingerprint density at radius 1 is 1.18 bits per heavy atom. The number of carbonyl (C=O) groups excluding carboxylic acids is 1. The molecule has 0 fully saturated rings. The van der Waals surface area contributed by atoms with Gasteiger partial charge in [-0.2, -0.15) is 0 Å². The Kier molecular flexibility index (Phi) is 5.49. The number of rotatable bonds is 6. The molecule has 114 valence electrons. The lowest BCUT2D eigenvalue weighted by Crippen LogP contribution is -2.24. The number of aryl methyl sites for hydroxylation is 1. The molecule has 22 heavy (non-hydrogen) atoms. The van der Waals surface area contributed by atoms with Gasteiger partial charge in [-0.1, -0.05) is 41.9 Å². The van der Waals surface area contributed by atoms with Gasteiger partial charge in [0.25, 0.3) is 11.6 Å². The normalized spacial score (nSPS) is 10.2. The average molecular weight is 319 g/mol. The molecule has 0 heterocycles. The molecular formula is C16H15ClN2O3. The molecule has 2 aromatic rings. The highest BCUT2D eigenvalue weighted by Gasteiger charge is 2.15. The number of nitro benzene ring substituents is 1. The van der Waals surface area contributed by atoms with Crippen LogP contribution in [0.2, 0.25) is 5.02 Å². The van der Waals surface area contributed by atoms with Crippen LogP contribution in [0.15, 0.2) is 48.5 Å². The number of amides is 1. The standard InChI is InChI=1S/C16H15ClN2O3/c17-14-9-8-13(11-15(14)19(21)22)16(20)18-10-4-7-12-5-2-1-3-6-12/h1-3,5-6,8-9,11H,4,7,10H2,(H,18,20). The number of halogens is 1. The molecule has 0 saturated heterocycles. The van der Waals surface area contributed by atoms with Gasteiger partial charge in [0.05, 0.1) is 4.92 Å². The molecule has 0 aromatic heterocycles. The van der Waals surface area contributed by atoms with Crippen LogP contribution in [0.5, 0.6) is 0 Å². The summed E-state index contributed by atoms with van der Waals surface area (Å²) in [5, 5.41) is 13.6. The number of nitrogens with one attached hydrogen (secondary N) is 1. The van der Waals surface area contributed by atoms with Gasteiger partial charge >= 0.3 is 0 Å². The summed E-state index contributed by atoms with van der Waals surface area (Å²) >= 11 is 5.72. The van der Waals surface area contributed by atoms with Crippen LogP contribution in [0.25, 0.3) is 0 Å². The number of nitro groups is 1. The van der Waals surface area contributed by atoms with Gasteiger partial charge in [0, 0.05) is 18.2 Å². The summed E-state index contributed by atoms with van der Waals surface area (Å²) in [6, 6.07) is 14.0. The van der Waals surface area contributed by atoms with Gasteiger partial charge in [-0.05, 0) is 30.5 Å². The van der Waals surface area contributed by atoms with Crippen LogP contribution in [0, 0.1) is 10.1 Å². The molecule has 1 N–H and O–H groups in total. The van der Waals surface area contributed by atoms with Crippen molar-refractivity contribution in [3.8, 4) is 0 Å². The fourth-order valence-corrected chi connectivity index (χ4v) is 2.22. The van der Waals surface area contributed by atoms with E-state index in [2.05, 4.69) is 5.32 Å². The van der Waals surface area contributed by atoms with E-state index in [0.29, 0.717) is 6.54 Å². The zero-order valence-electron chi connectivity index (χ0n) is 11.8. The maximum absolute atomic E-state index is 12.0. The number of hydrogen-bond donors (Lipinski definition) is 1. The van der Waals surface area contributed by atoms with Crippen molar-refractivity contribution in [3.05, 3.63) is 74.8 Å². The van der Waals surface area contributed by atoms with E-state index in [1.807, 2.05) is 30.3 Å². The second kappa shape index (κ2) is 7.56. The van der Waals surface area contributed by atoms with E-state index in [-0.39, 0.29) is 22.2 Å². The second-order valence-corrected chi connectivity index (χ2v) is 5.18. The summed E-state index contributed by atoms with van der Waals surface area (Å²) in [4.78, 5) is 22.2. The third-order valence-corrected chi connectivity index (χ3v) is 3.50. The Hall–Kier alpha value is -2.40. The number of carbonyl (C=O) groups is 1. The van der Waals surface area contributed by atoms with Crippen molar-refractivity contribution < 1.29 is 9.72 Å². The van der Waals surface area contributed by atoms with Gasteiger partial charge in [-0.25, -0.2) is 0 Å². The molecular weight excluding hydrogens is 304 g/mol. The third kappa shape index (κ3) is 4.30. The maximum atomic E-state index is 12.0. The first-order valence-corrected chi connectivity index (χ1v) is 7.22. The molecule has 0 aliphatic heterocycles. The summed E-state index contributed by atoms with van der Waals surface area (Å²) in [7, 11) is 0. The Morgan fingerprint density at radius 3 is 2.59 bits per heavy atom. The minimum Gasteiger partial charge on any atom is -0.352 e. The molecule has 0 unspecified atom stereocenters. The highest BCUT2D eigenvalue weighted by Crippen LogP contribution is 2.24. The summed E-state index contributed by atoms with van der Waals surface area (Å²) < 4.78 is 0. The summed E-state index contributed by atoms with van der Waals surface area (Å²) in [5.74, 6) is -0.340. The van der Waals surface area contributed by atoms with Crippen molar-refractivity contribution in [2.24, 2.45) is 0 Å². The third-order valence-electron chi connectivity index (χ3n) is 3.18. The Labute approximate surface area is 133 Å². The van der Waals surface area contributed by atoms with E-state index < -0.39 is 4.92 Å². The zero-order valence-corrected chi connectivity index (χ0v) is 12.5. The molecule has 5 nitrogen and oxygen atoms in total.